The number of nitrogens with zero attached hydrogens (tertiary/aromatic N) is 1. The number of thiazole rings is 1. The average Bonchev–Trinajstić information content (AvgIpc) is 2.42. The molecule has 0 spiro atoms. The van der Waals surface area contributed by atoms with Crippen LogP contribution in [0.15, 0.2) is 0 Å². The number of aromatic nitrogens is 1. The second-order valence-corrected chi connectivity index (χ2v) is 5.86. The lowest BCUT2D eigenvalue weighted by molar-refractivity contribution is 0.423. The van der Waals surface area contributed by atoms with Gasteiger partial charge in [-0.25, -0.2) is 4.98 Å². The first kappa shape index (κ1) is 11.7. The lowest BCUT2D eigenvalue weighted by Gasteiger charge is -2.19. The summed E-state index contributed by atoms with van der Waals surface area (Å²) >= 11 is 1.81. The van der Waals surface area contributed by atoms with Crippen LogP contribution in [0.2, 0.25) is 0 Å². The van der Waals surface area contributed by atoms with E-state index in [-0.39, 0.29) is 5.54 Å². The van der Waals surface area contributed by atoms with Crippen LogP contribution < -0.4 is 5.32 Å². The molecule has 0 amide bonds. The Morgan fingerprint density at radius 1 is 1.36 bits per heavy atom. The van der Waals surface area contributed by atoms with Gasteiger partial charge in [-0.1, -0.05) is 6.92 Å². The largest absolute Gasteiger partial charge is 0.306 e. The van der Waals surface area contributed by atoms with Gasteiger partial charge in [0.25, 0.3) is 0 Å². The zero-order valence-electron chi connectivity index (χ0n) is 9.77. The third-order valence-corrected chi connectivity index (χ3v) is 3.05. The van der Waals surface area contributed by atoms with Crippen LogP contribution >= 0.6 is 11.3 Å². The van der Waals surface area contributed by atoms with Crippen LogP contribution in [0.25, 0.3) is 0 Å². The second kappa shape index (κ2) is 4.41. The van der Waals surface area contributed by atoms with Crippen LogP contribution in [0.1, 0.15) is 43.3 Å². The van der Waals surface area contributed by atoms with Crippen LogP contribution in [-0.4, -0.2) is 10.5 Å². The van der Waals surface area contributed by atoms with Crippen LogP contribution in [0, 0.1) is 6.92 Å². The molecule has 0 radical (unpaired) electrons. The van der Waals surface area contributed by atoms with Crippen molar-refractivity contribution in [1.82, 2.24) is 10.3 Å². The first-order valence-electron chi connectivity index (χ1n) is 5.12. The number of rotatable bonds is 3. The summed E-state index contributed by atoms with van der Waals surface area (Å²) in [6.07, 6.45) is 1.04. The van der Waals surface area contributed by atoms with Gasteiger partial charge in [-0.3, -0.25) is 0 Å². The van der Waals surface area contributed by atoms with Crippen molar-refractivity contribution in [2.45, 2.75) is 53.1 Å². The average molecular weight is 212 g/mol. The quantitative estimate of drug-likeness (QED) is 0.833. The molecule has 1 aromatic rings. The van der Waals surface area contributed by atoms with Gasteiger partial charge < -0.3 is 5.32 Å². The standard InChI is InChI=1S/C11H20N2S/c1-6-9-8(2)14-10(13-9)7-12-11(3,4)5/h12H,6-7H2,1-5H3. The molecule has 1 rings (SSSR count). The van der Waals surface area contributed by atoms with E-state index in [0.717, 1.165) is 13.0 Å². The van der Waals surface area contributed by atoms with Crippen molar-refractivity contribution in [3.63, 3.8) is 0 Å². The maximum atomic E-state index is 4.59. The predicted octanol–water partition coefficient (Wildman–Crippen LogP) is 2.90. The summed E-state index contributed by atoms with van der Waals surface area (Å²) in [5, 5.41) is 4.65. The van der Waals surface area contributed by atoms with Gasteiger partial charge >= 0.3 is 0 Å². The minimum absolute atomic E-state index is 0.173. The zero-order valence-corrected chi connectivity index (χ0v) is 10.6. The van der Waals surface area contributed by atoms with E-state index in [4.69, 9.17) is 0 Å². The van der Waals surface area contributed by atoms with Crippen molar-refractivity contribution >= 4 is 11.3 Å². The van der Waals surface area contributed by atoms with E-state index in [1.54, 1.807) is 11.3 Å². The van der Waals surface area contributed by atoms with Crippen LogP contribution in [0.4, 0.5) is 0 Å². The molecule has 3 heteroatoms. The Morgan fingerprint density at radius 3 is 2.43 bits per heavy atom. The Bertz CT molecular complexity index is 297. The molecule has 0 bridgehead atoms. The highest BCUT2D eigenvalue weighted by Gasteiger charge is 2.11. The Kier molecular flexibility index (Phi) is 3.67. The van der Waals surface area contributed by atoms with Crippen molar-refractivity contribution in [3.05, 3.63) is 15.6 Å². The van der Waals surface area contributed by atoms with Crippen LogP contribution in [0.5, 0.6) is 0 Å². The van der Waals surface area contributed by atoms with Crippen LogP contribution in [0.3, 0.4) is 0 Å². The smallest absolute Gasteiger partial charge is 0.107 e. The highest BCUT2D eigenvalue weighted by molar-refractivity contribution is 7.11. The molecule has 0 aliphatic carbocycles. The summed E-state index contributed by atoms with van der Waals surface area (Å²) in [5.74, 6) is 0. The van der Waals surface area contributed by atoms with Gasteiger partial charge in [-0.05, 0) is 34.1 Å². The molecule has 0 aliphatic heterocycles. The summed E-state index contributed by atoms with van der Waals surface area (Å²) in [6, 6.07) is 0. The predicted molar refractivity (Wildman–Crippen MR) is 62.8 cm³/mol. The van der Waals surface area contributed by atoms with Crippen LogP contribution in [-0.2, 0) is 13.0 Å². The normalized spacial score (nSPS) is 12.1. The molecular weight excluding hydrogens is 192 g/mol. The molecular formula is C11H20N2S. The maximum absolute atomic E-state index is 4.59. The summed E-state index contributed by atoms with van der Waals surface area (Å²) < 4.78 is 0. The van der Waals surface area contributed by atoms with E-state index in [0.29, 0.717) is 0 Å². The first-order chi connectivity index (χ1) is 6.42. The third-order valence-electron chi connectivity index (χ3n) is 2.04. The van der Waals surface area contributed by atoms with E-state index >= 15 is 0 Å². The Morgan fingerprint density at radius 2 is 2.00 bits per heavy atom. The van der Waals surface area contributed by atoms with Gasteiger partial charge in [-0.15, -0.1) is 11.3 Å². The fourth-order valence-electron chi connectivity index (χ4n) is 1.23. The first-order valence-corrected chi connectivity index (χ1v) is 5.94. The summed E-state index contributed by atoms with van der Waals surface area (Å²) in [6.45, 7) is 11.7. The summed E-state index contributed by atoms with van der Waals surface area (Å²) in [5.41, 5.74) is 1.42. The molecule has 0 saturated carbocycles. The van der Waals surface area contributed by atoms with Crippen molar-refractivity contribution in [3.8, 4) is 0 Å². The molecule has 0 aliphatic rings. The molecule has 1 N–H and O–H groups in total. The number of aryl methyl sites for hydroxylation is 2. The Hall–Kier alpha value is -0.410. The molecule has 0 saturated heterocycles. The minimum Gasteiger partial charge on any atom is -0.306 e. The zero-order chi connectivity index (χ0) is 10.8. The highest BCUT2D eigenvalue weighted by atomic mass is 32.1. The van der Waals surface area contributed by atoms with Crippen molar-refractivity contribution in [1.29, 1.82) is 0 Å². The number of hydrogen-bond donors (Lipinski definition) is 1. The van der Waals surface area contributed by atoms with Gasteiger partial charge in [0.2, 0.25) is 0 Å². The Balaban J connectivity index is 2.60. The molecule has 0 fully saturated rings. The Labute approximate surface area is 90.8 Å². The summed E-state index contributed by atoms with van der Waals surface area (Å²) in [4.78, 5) is 5.95. The lowest BCUT2D eigenvalue weighted by atomic mass is 10.1. The molecule has 14 heavy (non-hydrogen) atoms. The lowest BCUT2D eigenvalue weighted by Crippen LogP contribution is -2.35. The number of hydrogen-bond acceptors (Lipinski definition) is 3. The monoisotopic (exact) mass is 212 g/mol. The van der Waals surface area contributed by atoms with Crippen molar-refractivity contribution in [2.24, 2.45) is 0 Å². The van der Waals surface area contributed by atoms with E-state index in [2.05, 4.69) is 44.9 Å². The minimum atomic E-state index is 0.173. The maximum Gasteiger partial charge on any atom is 0.107 e. The highest BCUT2D eigenvalue weighted by Crippen LogP contribution is 2.18. The van der Waals surface area contributed by atoms with Gasteiger partial charge in [-0.2, -0.15) is 0 Å². The molecule has 2 nitrogen and oxygen atoms in total. The van der Waals surface area contributed by atoms with E-state index in [1.807, 2.05) is 0 Å². The van der Waals surface area contributed by atoms with Gasteiger partial charge in [0.1, 0.15) is 5.01 Å². The van der Waals surface area contributed by atoms with Crippen molar-refractivity contribution < 1.29 is 0 Å². The number of nitrogens with one attached hydrogen (secondary N) is 1. The molecule has 0 aromatic carbocycles. The topological polar surface area (TPSA) is 24.9 Å². The van der Waals surface area contributed by atoms with E-state index in [1.165, 1.54) is 15.6 Å². The van der Waals surface area contributed by atoms with Gasteiger partial charge in [0.15, 0.2) is 0 Å². The molecule has 1 heterocycles. The van der Waals surface area contributed by atoms with E-state index in [9.17, 15) is 0 Å². The summed E-state index contributed by atoms with van der Waals surface area (Å²) in [7, 11) is 0. The molecule has 80 valence electrons. The fourth-order valence-corrected chi connectivity index (χ4v) is 2.19. The van der Waals surface area contributed by atoms with Gasteiger partial charge in [0, 0.05) is 17.0 Å². The van der Waals surface area contributed by atoms with E-state index < -0.39 is 0 Å². The molecule has 0 atom stereocenters. The molecule has 1 aromatic heterocycles. The second-order valence-electron chi connectivity index (χ2n) is 4.57. The van der Waals surface area contributed by atoms with Gasteiger partial charge in [0.05, 0.1) is 5.69 Å². The van der Waals surface area contributed by atoms with Crippen molar-refractivity contribution in [2.75, 3.05) is 0 Å². The fraction of sp³-hybridized carbons (Fsp3) is 0.727. The molecule has 0 unspecified atom stereocenters. The SMILES string of the molecule is CCc1nc(CNC(C)(C)C)sc1C. The third kappa shape index (κ3) is 3.39.